The van der Waals surface area contributed by atoms with Crippen LogP contribution >= 0.6 is 0 Å². The van der Waals surface area contributed by atoms with E-state index in [1.807, 2.05) is 0 Å². The quantitative estimate of drug-likeness (QED) is 0.451. The lowest BCUT2D eigenvalue weighted by Crippen LogP contribution is -2.17. The number of carbonyl (C=O) groups is 1. The zero-order valence-electron chi connectivity index (χ0n) is 11.1. The second-order valence-electron chi connectivity index (χ2n) is 4.29. The summed E-state index contributed by atoms with van der Waals surface area (Å²) in [7, 11) is 0. The molecule has 22 heavy (non-hydrogen) atoms. The van der Waals surface area contributed by atoms with Crippen LogP contribution in [0, 0.1) is 10.1 Å². The van der Waals surface area contributed by atoms with Gasteiger partial charge in [-0.2, -0.15) is 5.10 Å². The number of rotatable bonds is 4. The molecule has 0 aliphatic carbocycles. The third-order valence-electron chi connectivity index (χ3n) is 2.64. The molecule has 0 atom stereocenters. The lowest BCUT2D eigenvalue weighted by molar-refractivity contribution is -0.384. The number of phenols is 2. The van der Waals surface area contributed by atoms with Crippen molar-refractivity contribution < 1.29 is 19.9 Å². The molecule has 0 radical (unpaired) electrons. The minimum Gasteiger partial charge on any atom is -0.508 e. The lowest BCUT2D eigenvalue weighted by atomic mass is 10.2. The van der Waals surface area contributed by atoms with Crippen molar-refractivity contribution in [2.45, 2.75) is 0 Å². The summed E-state index contributed by atoms with van der Waals surface area (Å²) in [4.78, 5) is 21.7. The number of nitrogens with one attached hydrogen (secondary N) is 1. The first-order chi connectivity index (χ1) is 10.5. The molecule has 2 aromatic carbocycles. The van der Waals surface area contributed by atoms with E-state index in [1.54, 1.807) is 0 Å². The minimum absolute atomic E-state index is 0.0344. The Kier molecular flexibility index (Phi) is 4.33. The van der Waals surface area contributed by atoms with Gasteiger partial charge < -0.3 is 10.2 Å². The maximum absolute atomic E-state index is 11.7. The number of nitro groups is 1. The van der Waals surface area contributed by atoms with E-state index in [4.69, 9.17) is 5.11 Å². The molecule has 8 nitrogen and oxygen atoms in total. The SMILES string of the molecule is O=C(NN=Cc1cc(O)cc([N+](=O)[O-])c1)c1ccc(O)cc1. The number of benzene rings is 2. The van der Waals surface area contributed by atoms with Crippen molar-refractivity contribution in [1.82, 2.24) is 5.43 Å². The van der Waals surface area contributed by atoms with E-state index in [0.717, 1.165) is 6.07 Å². The predicted molar refractivity (Wildman–Crippen MR) is 77.9 cm³/mol. The summed E-state index contributed by atoms with van der Waals surface area (Å²) in [5.74, 6) is -0.751. The second kappa shape index (κ2) is 6.35. The molecule has 0 bridgehead atoms. The molecule has 0 fully saturated rings. The Morgan fingerprint density at radius 3 is 2.45 bits per heavy atom. The summed E-state index contributed by atoms with van der Waals surface area (Å²) < 4.78 is 0. The van der Waals surface area contributed by atoms with Crippen molar-refractivity contribution in [1.29, 1.82) is 0 Å². The Balaban J connectivity index is 2.07. The number of hydrazone groups is 1. The molecule has 0 saturated carbocycles. The molecule has 2 aromatic rings. The van der Waals surface area contributed by atoms with Crippen LogP contribution in [0.3, 0.4) is 0 Å². The molecular weight excluding hydrogens is 290 g/mol. The molecule has 0 spiro atoms. The first-order valence-electron chi connectivity index (χ1n) is 6.06. The molecule has 0 aliphatic heterocycles. The predicted octanol–water partition coefficient (Wildman–Crippen LogP) is 1.77. The molecule has 0 saturated heterocycles. The summed E-state index contributed by atoms with van der Waals surface area (Å²) >= 11 is 0. The van der Waals surface area contributed by atoms with Crippen LogP contribution in [0.1, 0.15) is 15.9 Å². The zero-order chi connectivity index (χ0) is 16.1. The van der Waals surface area contributed by atoms with Crippen LogP contribution in [-0.4, -0.2) is 27.3 Å². The number of amides is 1. The highest BCUT2D eigenvalue weighted by Gasteiger charge is 2.08. The molecule has 8 heteroatoms. The van der Waals surface area contributed by atoms with Gasteiger partial charge in [-0.1, -0.05) is 0 Å². The van der Waals surface area contributed by atoms with E-state index >= 15 is 0 Å². The van der Waals surface area contributed by atoms with Crippen LogP contribution in [0.5, 0.6) is 11.5 Å². The molecular formula is C14H11N3O5. The average Bonchev–Trinajstić information content (AvgIpc) is 2.47. The number of phenolic OH excluding ortho intramolecular Hbond substituents is 2. The molecule has 0 unspecified atom stereocenters. The number of hydrogen-bond donors (Lipinski definition) is 3. The number of non-ortho nitro benzene ring substituents is 1. The van der Waals surface area contributed by atoms with Crippen molar-refractivity contribution in [3.8, 4) is 11.5 Å². The van der Waals surface area contributed by atoms with Gasteiger partial charge in [0.15, 0.2) is 0 Å². The Labute approximate surface area is 124 Å². The highest BCUT2D eigenvalue weighted by Crippen LogP contribution is 2.20. The van der Waals surface area contributed by atoms with Crippen molar-refractivity contribution in [3.05, 3.63) is 63.7 Å². The molecule has 3 N–H and O–H groups in total. The number of hydrogen-bond acceptors (Lipinski definition) is 6. The van der Waals surface area contributed by atoms with Gasteiger partial charge in [0, 0.05) is 17.2 Å². The van der Waals surface area contributed by atoms with Gasteiger partial charge in [-0.05, 0) is 30.3 Å². The molecule has 112 valence electrons. The maximum Gasteiger partial charge on any atom is 0.273 e. The van der Waals surface area contributed by atoms with Crippen molar-refractivity contribution in [3.63, 3.8) is 0 Å². The molecule has 1 amide bonds. The van der Waals surface area contributed by atoms with Crippen molar-refractivity contribution in [2.24, 2.45) is 5.10 Å². The highest BCUT2D eigenvalue weighted by atomic mass is 16.6. The lowest BCUT2D eigenvalue weighted by Gasteiger charge is -2.00. The summed E-state index contributed by atoms with van der Waals surface area (Å²) in [5.41, 5.74) is 2.50. The number of carbonyl (C=O) groups excluding carboxylic acids is 1. The molecule has 0 aliphatic rings. The molecule has 0 heterocycles. The smallest absolute Gasteiger partial charge is 0.273 e. The van der Waals surface area contributed by atoms with Gasteiger partial charge in [0.25, 0.3) is 11.6 Å². The van der Waals surface area contributed by atoms with Crippen LogP contribution in [-0.2, 0) is 0 Å². The normalized spacial score (nSPS) is 10.5. The standard InChI is InChI=1S/C14H11N3O5/c18-12-3-1-10(2-4-12)14(20)16-15-8-9-5-11(17(21)22)7-13(19)6-9/h1-8,18-19H,(H,16,20). The van der Waals surface area contributed by atoms with Crippen molar-refractivity contribution in [2.75, 3.05) is 0 Å². The van der Waals surface area contributed by atoms with Gasteiger partial charge in [-0.15, -0.1) is 0 Å². The van der Waals surface area contributed by atoms with Gasteiger partial charge >= 0.3 is 0 Å². The first-order valence-corrected chi connectivity index (χ1v) is 6.06. The van der Waals surface area contributed by atoms with E-state index < -0.39 is 10.8 Å². The molecule has 0 aromatic heterocycles. The largest absolute Gasteiger partial charge is 0.508 e. The number of nitrogens with zero attached hydrogens (tertiary/aromatic N) is 2. The topological polar surface area (TPSA) is 125 Å². The fourth-order valence-electron chi connectivity index (χ4n) is 1.64. The average molecular weight is 301 g/mol. The van der Waals surface area contributed by atoms with E-state index in [0.29, 0.717) is 0 Å². The van der Waals surface area contributed by atoms with E-state index in [1.165, 1.54) is 42.6 Å². The summed E-state index contributed by atoms with van der Waals surface area (Å²) in [6.45, 7) is 0. The van der Waals surface area contributed by atoms with Crippen LogP contribution in [0.15, 0.2) is 47.6 Å². The summed E-state index contributed by atoms with van der Waals surface area (Å²) in [5, 5.41) is 32.8. The highest BCUT2D eigenvalue weighted by molar-refractivity contribution is 5.95. The molecule has 2 rings (SSSR count). The van der Waals surface area contributed by atoms with Gasteiger partial charge in [0.05, 0.1) is 17.2 Å². The fourth-order valence-corrected chi connectivity index (χ4v) is 1.64. The van der Waals surface area contributed by atoms with Crippen LogP contribution in [0.25, 0.3) is 0 Å². The van der Waals surface area contributed by atoms with E-state index in [9.17, 15) is 20.0 Å². The van der Waals surface area contributed by atoms with Crippen LogP contribution in [0.4, 0.5) is 5.69 Å². The number of nitro benzene ring substituents is 1. The third kappa shape index (κ3) is 3.79. The van der Waals surface area contributed by atoms with Gasteiger partial charge in [-0.25, -0.2) is 5.43 Å². The Bertz CT molecular complexity index is 741. The second-order valence-corrected chi connectivity index (χ2v) is 4.29. The van der Waals surface area contributed by atoms with Gasteiger partial charge in [-0.3, -0.25) is 14.9 Å². The van der Waals surface area contributed by atoms with E-state index in [-0.39, 0.29) is 28.3 Å². The monoisotopic (exact) mass is 301 g/mol. The van der Waals surface area contributed by atoms with Gasteiger partial charge in [0.2, 0.25) is 0 Å². The minimum atomic E-state index is -0.647. The van der Waals surface area contributed by atoms with Crippen LogP contribution in [0.2, 0.25) is 0 Å². The van der Waals surface area contributed by atoms with Crippen molar-refractivity contribution >= 4 is 17.8 Å². The first kappa shape index (κ1) is 15.0. The Hall–Kier alpha value is -3.42. The maximum atomic E-state index is 11.7. The summed E-state index contributed by atoms with van der Waals surface area (Å²) in [6, 6.07) is 9.03. The summed E-state index contributed by atoms with van der Waals surface area (Å²) in [6.07, 6.45) is 1.17. The van der Waals surface area contributed by atoms with E-state index in [2.05, 4.69) is 10.5 Å². The van der Waals surface area contributed by atoms with Gasteiger partial charge in [0.1, 0.15) is 11.5 Å². The van der Waals surface area contributed by atoms with Crippen LogP contribution < -0.4 is 5.43 Å². The third-order valence-corrected chi connectivity index (χ3v) is 2.64. The number of aromatic hydroxyl groups is 2. The Morgan fingerprint density at radius 1 is 1.14 bits per heavy atom. The Morgan fingerprint density at radius 2 is 1.82 bits per heavy atom. The fraction of sp³-hybridized carbons (Fsp3) is 0. The zero-order valence-corrected chi connectivity index (χ0v) is 11.1.